The Balaban J connectivity index is 2.50. The average molecular weight is 136 g/mol. The summed E-state index contributed by atoms with van der Waals surface area (Å²) < 4.78 is 1.65. The Kier molecular flexibility index (Phi) is 2.00. The Labute approximate surface area is 59.1 Å². The van der Waals surface area contributed by atoms with Crippen molar-refractivity contribution in [2.45, 2.75) is 13.5 Å². The highest BCUT2D eigenvalue weighted by atomic mass is 15.3. The molecule has 0 spiro atoms. The van der Waals surface area contributed by atoms with Gasteiger partial charge in [-0.2, -0.15) is 10.4 Å². The molecule has 0 N–H and O–H groups in total. The van der Waals surface area contributed by atoms with Crippen molar-refractivity contribution in [1.29, 1.82) is 5.26 Å². The molecule has 0 radical (unpaired) electrons. The molecule has 52 valence electrons. The summed E-state index contributed by atoms with van der Waals surface area (Å²) in [7, 11) is 0. The van der Waals surface area contributed by atoms with Gasteiger partial charge in [-0.25, -0.2) is 4.98 Å². The largest absolute Gasteiger partial charge is 0.252 e. The van der Waals surface area contributed by atoms with Crippen LogP contribution in [0.15, 0.2) is 12.7 Å². The molecule has 1 aromatic heterocycles. The fourth-order valence-corrected chi connectivity index (χ4v) is 0.648. The van der Waals surface area contributed by atoms with E-state index in [9.17, 15) is 0 Å². The third-order valence-electron chi connectivity index (χ3n) is 1.15. The Morgan fingerprint density at radius 2 is 2.60 bits per heavy atom. The minimum absolute atomic E-state index is 0.00157. The molecule has 1 aromatic rings. The van der Waals surface area contributed by atoms with Crippen LogP contribution < -0.4 is 0 Å². The molecule has 10 heavy (non-hydrogen) atoms. The van der Waals surface area contributed by atoms with Crippen LogP contribution in [0.25, 0.3) is 0 Å². The molecular weight excluding hydrogens is 128 g/mol. The van der Waals surface area contributed by atoms with E-state index in [0.29, 0.717) is 6.54 Å². The Morgan fingerprint density at radius 1 is 1.80 bits per heavy atom. The van der Waals surface area contributed by atoms with E-state index >= 15 is 0 Å². The van der Waals surface area contributed by atoms with Crippen molar-refractivity contribution in [2.75, 3.05) is 0 Å². The molecule has 0 saturated heterocycles. The first-order valence-electron chi connectivity index (χ1n) is 3.05. The lowest BCUT2D eigenvalue weighted by atomic mass is 10.2. The van der Waals surface area contributed by atoms with E-state index in [4.69, 9.17) is 5.26 Å². The fourth-order valence-electron chi connectivity index (χ4n) is 0.648. The molecule has 1 rings (SSSR count). The Hall–Kier alpha value is -1.37. The van der Waals surface area contributed by atoms with Crippen LogP contribution in [-0.2, 0) is 6.54 Å². The van der Waals surface area contributed by atoms with Crippen LogP contribution in [0.1, 0.15) is 6.92 Å². The highest BCUT2D eigenvalue weighted by Gasteiger charge is 1.99. The highest BCUT2D eigenvalue weighted by Crippen LogP contribution is 1.94. The summed E-state index contributed by atoms with van der Waals surface area (Å²) in [4.78, 5) is 3.75. The van der Waals surface area contributed by atoms with Crippen LogP contribution >= 0.6 is 0 Å². The smallest absolute Gasteiger partial charge is 0.137 e. The zero-order valence-corrected chi connectivity index (χ0v) is 5.73. The number of nitrogens with zero attached hydrogens (tertiary/aromatic N) is 4. The van der Waals surface area contributed by atoms with Crippen molar-refractivity contribution in [3.63, 3.8) is 0 Å². The van der Waals surface area contributed by atoms with Gasteiger partial charge in [0.05, 0.1) is 18.5 Å². The van der Waals surface area contributed by atoms with Gasteiger partial charge in [0.15, 0.2) is 0 Å². The van der Waals surface area contributed by atoms with Crippen LogP contribution in [0.2, 0.25) is 0 Å². The van der Waals surface area contributed by atoms with E-state index in [1.165, 1.54) is 6.33 Å². The molecule has 1 atom stereocenters. The molecular formula is C6H8N4. The normalized spacial score (nSPS) is 12.4. The van der Waals surface area contributed by atoms with Gasteiger partial charge in [0, 0.05) is 0 Å². The minimum atomic E-state index is 0.00157. The second-order valence-electron chi connectivity index (χ2n) is 2.15. The molecule has 0 amide bonds. The number of hydrogen-bond acceptors (Lipinski definition) is 3. The monoisotopic (exact) mass is 136 g/mol. The van der Waals surface area contributed by atoms with Crippen LogP contribution in [0, 0.1) is 17.2 Å². The molecule has 4 heteroatoms. The third kappa shape index (κ3) is 1.55. The maximum Gasteiger partial charge on any atom is 0.137 e. The standard InChI is InChI=1S/C6H8N4/c1-6(2-7)3-10-5-8-4-9-10/h4-6H,3H2,1H3. The first kappa shape index (κ1) is 6.75. The summed E-state index contributed by atoms with van der Waals surface area (Å²) in [5, 5.41) is 12.3. The van der Waals surface area contributed by atoms with E-state index in [-0.39, 0.29) is 5.92 Å². The first-order valence-corrected chi connectivity index (χ1v) is 3.05. The van der Waals surface area contributed by atoms with E-state index in [2.05, 4.69) is 16.2 Å². The van der Waals surface area contributed by atoms with Gasteiger partial charge in [0.25, 0.3) is 0 Å². The van der Waals surface area contributed by atoms with Gasteiger partial charge < -0.3 is 0 Å². The highest BCUT2D eigenvalue weighted by molar-refractivity contribution is 4.78. The summed E-state index contributed by atoms with van der Waals surface area (Å²) in [5.41, 5.74) is 0. The lowest BCUT2D eigenvalue weighted by molar-refractivity contribution is 0.527. The minimum Gasteiger partial charge on any atom is -0.252 e. The van der Waals surface area contributed by atoms with Gasteiger partial charge in [-0.05, 0) is 6.92 Å². The number of aromatic nitrogens is 3. The van der Waals surface area contributed by atoms with Gasteiger partial charge in [-0.3, -0.25) is 4.68 Å². The molecule has 0 aromatic carbocycles. The van der Waals surface area contributed by atoms with Crippen molar-refractivity contribution in [3.05, 3.63) is 12.7 Å². The maximum absolute atomic E-state index is 8.42. The molecule has 0 saturated carbocycles. The van der Waals surface area contributed by atoms with Gasteiger partial charge in [0.2, 0.25) is 0 Å². The molecule has 0 aliphatic heterocycles. The van der Waals surface area contributed by atoms with Crippen molar-refractivity contribution in [1.82, 2.24) is 14.8 Å². The second kappa shape index (κ2) is 2.97. The number of nitriles is 1. The molecule has 1 unspecified atom stereocenters. The molecule has 1 heterocycles. The van der Waals surface area contributed by atoms with E-state index < -0.39 is 0 Å². The fraction of sp³-hybridized carbons (Fsp3) is 0.500. The Bertz CT molecular complexity index is 220. The summed E-state index contributed by atoms with van der Waals surface area (Å²) in [6.07, 6.45) is 3.07. The van der Waals surface area contributed by atoms with Gasteiger partial charge >= 0.3 is 0 Å². The lowest BCUT2D eigenvalue weighted by Crippen LogP contribution is -2.05. The molecule has 0 bridgehead atoms. The maximum atomic E-state index is 8.42. The van der Waals surface area contributed by atoms with Crippen LogP contribution in [0.3, 0.4) is 0 Å². The predicted octanol–water partition coefficient (Wildman–Crippen LogP) is 0.438. The van der Waals surface area contributed by atoms with Gasteiger partial charge in [0.1, 0.15) is 12.7 Å². The third-order valence-corrected chi connectivity index (χ3v) is 1.15. The van der Waals surface area contributed by atoms with E-state index in [0.717, 1.165) is 0 Å². The van der Waals surface area contributed by atoms with Crippen LogP contribution in [0.5, 0.6) is 0 Å². The quantitative estimate of drug-likeness (QED) is 0.592. The van der Waals surface area contributed by atoms with Crippen molar-refractivity contribution in [2.24, 2.45) is 5.92 Å². The molecule has 0 aliphatic rings. The van der Waals surface area contributed by atoms with E-state index in [1.807, 2.05) is 6.92 Å². The zero-order chi connectivity index (χ0) is 7.40. The van der Waals surface area contributed by atoms with Crippen molar-refractivity contribution < 1.29 is 0 Å². The first-order chi connectivity index (χ1) is 4.83. The molecule has 0 aliphatic carbocycles. The molecule has 4 nitrogen and oxygen atoms in total. The topological polar surface area (TPSA) is 54.5 Å². The second-order valence-corrected chi connectivity index (χ2v) is 2.15. The van der Waals surface area contributed by atoms with Crippen molar-refractivity contribution >= 4 is 0 Å². The van der Waals surface area contributed by atoms with Crippen molar-refractivity contribution in [3.8, 4) is 6.07 Å². The van der Waals surface area contributed by atoms with Gasteiger partial charge in [-0.15, -0.1) is 0 Å². The average Bonchev–Trinajstić information content (AvgIpc) is 2.40. The Morgan fingerprint density at radius 3 is 3.10 bits per heavy atom. The molecule has 0 fully saturated rings. The van der Waals surface area contributed by atoms with Gasteiger partial charge in [-0.1, -0.05) is 0 Å². The number of hydrogen-bond donors (Lipinski definition) is 0. The summed E-state index contributed by atoms with van der Waals surface area (Å²) in [6, 6.07) is 2.11. The zero-order valence-electron chi connectivity index (χ0n) is 5.73. The summed E-state index contributed by atoms with van der Waals surface area (Å²) in [5.74, 6) is 0.00157. The number of rotatable bonds is 2. The predicted molar refractivity (Wildman–Crippen MR) is 34.8 cm³/mol. The SMILES string of the molecule is CC(C#N)Cn1cncn1. The van der Waals surface area contributed by atoms with E-state index in [1.54, 1.807) is 11.0 Å². The van der Waals surface area contributed by atoms with Crippen LogP contribution in [-0.4, -0.2) is 14.8 Å². The lowest BCUT2D eigenvalue weighted by Gasteiger charge is -1.99. The summed E-state index contributed by atoms with van der Waals surface area (Å²) >= 11 is 0. The van der Waals surface area contributed by atoms with Crippen LogP contribution in [0.4, 0.5) is 0 Å². The summed E-state index contributed by atoms with van der Waals surface area (Å²) in [6.45, 7) is 2.47.